The number of hydrogen-bond donors (Lipinski definition) is 1. The molecule has 2 N–H and O–H groups in total. The molecule has 14 heavy (non-hydrogen) atoms. The van der Waals surface area contributed by atoms with Crippen LogP contribution in [0.4, 0.5) is 0 Å². The quantitative estimate of drug-likeness (QED) is 0.901. The lowest BCUT2D eigenvalue weighted by Crippen LogP contribution is -2.32. The van der Waals surface area contributed by atoms with Crippen LogP contribution >= 0.6 is 15.9 Å². The Labute approximate surface area is 93.6 Å². The summed E-state index contributed by atoms with van der Waals surface area (Å²) in [6.45, 7) is 4.75. The summed E-state index contributed by atoms with van der Waals surface area (Å²) in [5, 5.41) is 0. The average molecular weight is 258 g/mol. The Hall–Kier alpha value is -0.540. The molecule has 0 amide bonds. The Bertz CT molecular complexity index is 271. The molecule has 0 bridgehead atoms. The third-order valence-corrected chi connectivity index (χ3v) is 2.64. The molecule has 0 radical (unpaired) electrons. The fourth-order valence-electron chi connectivity index (χ4n) is 0.916. The fraction of sp³-hybridized carbons (Fsp3) is 0.455. The summed E-state index contributed by atoms with van der Waals surface area (Å²) in [5.41, 5.74) is 5.86. The maximum Gasteiger partial charge on any atom is 0.119 e. The summed E-state index contributed by atoms with van der Waals surface area (Å²) in [4.78, 5) is 0. The average Bonchev–Trinajstić information content (AvgIpc) is 2.16. The van der Waals surface area contributed by atoms with Crippen molar-refractivity contribution in [3.8, 4) is 5.75 Å². The maximum atomic E-state index is 5.86. The molecular formula is C11H16BrNO. The Morgan fingerprint density at radius 2 is 1.86 bits per heavy atom. The van der Waals surface area contributed by atoms with Gasteiger partial charge in [0.25, 0.3) is 0 Å². The first-order valence-electron chi connectivity index (χ1n) is 4.73. The first kappa shape index (κ1) is 11.5. The van der Waals surface area contributed by atoms with Crippen LogP contribution in [-0.4, -0.2) is 12.6 Å². The second kappa shape index (κ2) is 5.37. The van der Waals surface area contributed by atoms with Gasteiger partial charge in [-0.25, -0.2) is 0 Å². The first-order valence-corrected chi connectivity index (χ1v) is 5.53. The molecule has 0 aromatic heterocycles. The summed E-state index contributed by atoms with van der Waals surface area (Å²) < 4.78 is 6.59. The zero-order chi connectivity index (χ0) is 10.6. The van der Waals surface area contributed by atoms with Crippen molar-refractivity contribution in [1.82, 2.24) is 0 Å². The van der Waals surface area contributed by atoms with E-state index in [1.807, 2.05) is 24.3 Å². The van der Waals surface area contributed by atoms with Crippen molar-refractivity contribution in [2.24, 2.45) is 11.7 Å². The smallest absolute Gasteiger partial charge is 0.119 e. The summed E-state index contributed by atoms with van der Waals surface area (Å²) in [6.07, 6.45) is 0. The molecule has 0 spiro atoms. The molecule has 1 aromatic carbocycles. The van der Waals surface area contributed by atoms with Crippen LogP contribution in [0.1, 0.15) is 13.8 Å². The summed E-state index contributed by atoms with van der Waals surface area (Å²) in [5.74, 6) is 1.31. The standard InChI is InChI=1S/C11H16BrNO/c1-8(2)11(13)7-14-10-5-3-9(12)4-6-10/h3-6,8,11H,7,13H2,1-2H3/t11-/m0/s1. The van der Waals surface area contributed by atoms with Crippen LogP contribution in [0.25, 0.3) is 0 Å². The lowest BCUT2D eigenvalue weighted by atomic mass is 10.1. The molecule has 2 nitrogen and oxygen atoms in total. The molecule has 3 heteroatoms. The van der Waals surface area contributed by atoms with E-state index < -0.39 is 0 Å². The molecule has 0 aliphatic heterocycles. The van der Waals surface area contributed by atoms with Crippen LogP contribution < -0.4 is 10.5 Å². The molecule has 1 rings (SSSR count). The van der Waals surface area contributed by atoms with Crippen LogP contribution in [0.3, 0.4) is 0 Å². The normalized spacial score (nSPS) is 12.9. The minimum absolute atomic E-state index is 0.0960. The SMILES string of the molecule is CC(C)[C@@H](N)COc1ccc(Br)cc1. The number of hydrogen-bond acceptors (Lipinski definition) is 2. The molecule has 0 saturated heterocycles. The largest absolute Gasteiger partial charge is 0.492 e. The zero-order valence-corrected chi connectivity index (χ0v) is 10.1. The zero-order valence-electron chi connectivity index (χ0n) is 8.53. The maximum absolute atomic E-state index is 5.86. The molecule has 78 valence electrons. The summed E-state index contributed by atoms with van der Waals surface area (Å²) >= 11 is 3.37. The molecule has 0 unspecified atom stereocenters. The highest BCUT2D eigenvalue weighted by atomic mass is 79.9. The minimum Gasteiger partial charge on any atom is -0.492 e. The van der Waals surface area contributed by atoms with Gasteiger partial charge >= 0.3 is 0 Å². The number of rotatable bonds is 4. The van der Waals surface area contributed by atoms with E-state index in [1.165, 1.54) is 0 Å². The molecule has 0 aliphatic rings. The topological polar surface area (TPSA) is 35.2 Å². The summed E-state index contributed by atoms with van der Waals surface area (Å²) in [7, 11) is 0. The van der Waals surface area contributed by atoms with Gasteiger partial charge in [-0.3, -0.25) is 0 Å². The number of benzene rings is 1. The Morgan fingerprint density at radius 1 is 1.29 bits per heavy atom. The molecule has 0 saturated carbocycles. The molecule has 1 aromatic rings. The third-order valence-electron chi connectivity index (χ3n) is 2.11. The molecule has 0 heterocycles. The van der Waals surface area contributed by atoms with E-state index in [0.29, 0.717) is 12.5 Å². The highest BCUT2D eigenvalue weighted by molar-refractivity contribution is 9.10. The molecule has 0 aliphatic carbocycles. The van der Waals surface area contributed by atoms with Crippen LogP contribution in [0, 0.1) is 5.92 Å². The van der Waals surface area contributed by atoms with E-state index in [1.54, 1.807) is 0 Å². The van der Waals surface area contributed by atoms with Gasteiger partial charge in [0.15, 0.2) is 0 Å². The van der Waals surface area contributed by atoms with Crippen LogP contribution in [-0.2, 0) is 0 Å². The lowest BCUT2D eigenvalue weighted by Gasteiger charge is -2.16. The highest BCUT2D eigenvalue weighted by Crippen LogP contribution is 2.16. The van der Waals surface area contributed by atoms with Crippen LogP contribution in [0.15, 0.2) is 28.7 Å². The van der Waals surface area contributed by atoms with E-state index in [2.05, 4.69) is 29.8 Å². The van der Waals surface area contributed by atoms with Crippen molar-refractivity contribution in [3.05, 3.63) is 28.7 Å². The highest BCUT2D eigenvalue weighted by Gasteiger charge is 2.07. The number of ether oxygens (including phenoxy) is 1. The monoisotopic (exact) mass is 257 g/mol. The predicted molar refractivity (Wildman–Crippen MR) is 62.5 cm³/mol. The van der Waals surface area contributed by atoms with Gasteiger partial charge in [0.2, 0.25) is 0 Å². The van der Waals surface area contributed by atoms with Crippen molar-refractivity contribution in [1.29, 1.82) is 0 Å². The minimum atomic E-state index is 0.0960. The van der Waals surface area contributed by atoms with Crippen molar-refractivity contribution in [2.75, 3.05) is 6.61 Å². The van der Waals surface area contributed by atoms with Gasteiger partial charge in [-0.05, 0) is 30.2 Å². The second-order valence-electron chi connectivity index (χ2n) is 3.67. The van der Waals surface area contributed by atoms with Crippen molar-refractivity contribution in [2.45, 2.75) is 19.9 Å². The Balaban J connectivity index is 2.42. The fourth-order valence-corrected chi connectivity index (χ4v) is 1.18. The lowest BCUT2D eigenvalue weighted by molar-refractivity contribution is 0.259. The first-order chi connectivity index (χ1) is 6.59. The molecule has 1 atom stereocenters. The molecule has 0 fully saturated rings. The van der Waals surface area contributed by atoms with Gasteiger partial charge in [0, 0.05) is 10.5 Å². The van der Waals surface area contributed by atoms with Crippen molar-refractivity contribution >= 4 is 15.9 Å². The summed E-state index contributed by atoms with van der Waals surface area (Å²) in [6, 6.07) is 7.86. The van der Waals surface area contributed by atoms with Gasteiger partial charge in [0.1, 0.15) is 12.4 Å². The Kier molecular flexibility index (Phi) is 4.42. The van der Waals surface area contributed by atoms with E-state index in [0.717, 1.165) is 10.2 Å². The van der Waals surface area contributed by atoms with Crippen LogP contribution in [0.2, 0.25) is 0 Å². The third kappa shape index (κ3) is 3.68. The van der Waals surface area contributed by atoms with E-state index in [9.17, 15) is 0 Å². The second-order valence-corrected chi connectivity index (χ2v) is 4.59. The van der Waals surface area contributed by atoms with E-state index in [-0.39, 0.29) is 6.04 Å². The van der Waals surface area contributed by atoms with Gasteiger partial charge < -0.3 is 10.5 Å². The number of halogens is 1. The molecular weight excluding hydrogens is 242 g/mol. The predicted octanol–water partition coefficient (Wildman–Crippen LogP) is 2.81. The van der Waals surface area contributed by atoms with Crippen molar-refractivity contribution < 1.29 is 4.74 Å². The van der Waals surface area contributed by atoms with E-state index >= 15 is 0 Å². The van der Waals surface area contributed by atoms with Gasteiger partial charge in [0.05, 0.1) is 0 Å². The van der Waals surface area contributed by atoms with E-state index in [4.69, 9.17) is 10.5 Å². The van der Waals surface area contributed by atoms with Gasteiger partial charge in [-0.15, -0.1) is 0 Å². The Morgan fingerprint density at radius 3 is 2.36 bits per heavy atom. The van der Waals surface area contributed by atoms with Crippen LogP contribution in [0.5, 0.6) is 5.75 Å². The van der Waals surface area contributed by atoms with Crippen molar-refractivity contribution in [3.63, 3.8) is 0 Å². The number of nitrogens with two attached hydrogens (primary N) is 1. The van der Waals surface area contributed by atoms with Gasteiger partial charge in [-0.2, -0.15) is 0 Å². The van der Waals surface area contributed by atoms with Gasteiger partial charge in [-0.1, -0.05) is 29.8 Å².